The van der Waals surface area contributed by atoms with Crippen LogP contribution in [0.1, 0.15) is 0 Å². The summed E-state index contributed by atoms with van der Waals surface area (Å²) in [7, 11) is 0. The number of hydrogen-bond donors (Lipinski definition) is 2. The monoisotopic (exact) mass is 263 g/mol. The van der Waals surface area contributed by atoms with Gasteiger partial charge in [0.1, 0.15) is 12.9 Å². The summed E-state index contributed by atoms with van der Waals surface area (Å²) in [6, 6.07) is 7.63. The topological polar surface area (TPSA) is 85.8 Å². The van der Waals surface area contributed by atoms with Gasteiger partial charge in [-0.3, -0.25) is 4.79 Å². The number of benzene rings is 1. The van der Waals surface area contributed by atoms with Crippen molar-refractivity contribution in [3.8, 4) is 0 Å². The lowest BCUT2D eigenvalue weighted by Gasteiger charge is -2.05. The van der Waals surface area contributed by atoms with Gasteiger partial charge in [0.2, 0.25) is 11.9 Å². The first-order valence-corrected chi connectivity index (χ1v) is 6.48. The van der Waals surface area contributed by atoms with Gasteiger partial charge in [0.15, 0.2) is 0 Å². The Labute approximate surface area is 109 Å². The van der Waals surface area contributed by atoms with Crippen LogP contribution in [0.2, 0.25) is 0 Å². The normalized spacial score (nSPS) is 10.3. The van der Waals surface area contributed by atoms with Crippen LogP contribution in [-0.2, 0) is 11.3 Å². The fraction of sp³-hybridized carbons (Fsp3) is 0.182. The Morgan fingerprint density at radius 2 is 2.17 bits per heavy atom. The van der Waals surface area contributed by atoms with Crippen molar-refractivity contribution in [3.05, 3.63) is 30.6 Å². The van der Waals surface area contributed by atoms with E-state index in [4.69, 9.17) is 5.73 Å². The minimum absolute atomic E-state index is 0.0917. The van der Waals surface area contributed by atoms with Crippen molar-refractivity contribution < 1.29 is 4.79 Å². The predicted molar refractivity (Wildman–Crippen MR) is 71.3 cm³/mol. The molecule has 7 heteroatoms. The Morgan fingerprint density at radius 1 is 1.44 bits per heavy atom. The molecule has 94 valence electrons. The van der Waals surface area contributed by atoms with Crippen LogP contribution in [0.15, 0.2) is 35.5 Å². The molecular formula is C11H13N5OS. The molecule has 0 fully saturated rings. The molecule has 6 nitrogen and oxygen atoms in total. The third kappa shape index (κ3) is 3.24. The van der Waals surface area contributed by atoms with Gasteiger partial charge in [-0.15, -0.1) is 16.9 Å². The number of amides is 1. The summed E-state index contributed by atoms with van der Waals surface area (Å²) < 4.78 is 1.39. The zero-order valence-electron chi connectivity index (χ0n) is 9.83. The van der Waals surface area contributed by atoms with E-state index >= 15 is 0 Å². The Morgan fingerprint density at radius 3 is 2.72 bits per heavy atom. The number of nitrogens with zero attached hydrogens (tertiary/aromatic N) is 3. The van der Waals surface area contributed by atoms with Gasteiger partial charge in [0.05, 0.1) is 0 Å². The minimum atomic E-state index is -0.170. The van der Waals surface area contributed by atoms with Gasteiger partial charge in [-0.25, -0.2) is 9.67 Å². The number of rotatable bonds is 4. The molecule has 0 aliphatic rings. The molecule has 0 aliphatic heterocycles. The van der Waals surface area contributed by atoms with Crippen molar-refractivity contribution in [2.24, 2.45) is 0 Å². The van der Waals surface area contributed by atoms with E-state index in [2.05, 4.69) is 15.4 Å². The van der Waals surface area contributed by atoms with E-state index in [1.54, 1.807) is 11.8 Å². The van der Waals surface area contributed by atoms with Crippen LogP contribution in [0, 0.1) is 0 Å². The van der Waals surface area contributed by atoms with Crippen LogP contribution >= 0.6 is 11.8 Å². The van der Waals surface area contributed by atoms with Crippen LogP contribution in [0.4, 0.5) is 11.6 Å². The number of carbonyl (C=O) groups is 1. The number of nitrogens with two attached hydrogens (primary N) is 1. The summed E-state index contributed by atoms with van der Waals surface area (Å²) in [4.78, 5) is 16.6. The number of aromatic nitrogens is 3. The summed E-state index contributed by atoms with van der Waals surface area (Å²) >= 11 is 1.65. The molecular weight excluding hydrogens is 250 g/mol. The van der Waals surface area contributed by atoms with Gasteiger partial charge in [-0.2, -0.15) is 0 Å². The first-order valence-electron chi connectivity index (χ1n) is 5.26. The quantitative estimate of drug-likeness (QED) is 0.810. The van der Waals surface area contributed by atoms with E-state index in [-0.39, 0.29) is 18.4 Å². The Kier molecular flexibility index (Phi) is 3.83. The Balaban J connectivity index is 1.94. The second kappa shape index (κ2) is 5.54. The number of nitrogens with one attached hydrogen (secondary N) is 1. The molecule has 0 aliphatic carbocycles. The Bertz CT molecular complexity index is 537. The van der Waals surface area contributed by atoms with Crippen molar-refractivity contribution >= 4 is 29.3 Å². The number of hydrogen-bond acceptors (Lipinski definition) is 5. The first-order chi connectivity index (χ1) is 8.67. The summed E-state index contributed by atoms with van der Waals surface area (Å²) in [5.41, 5.74) is 6.12. The number of thioether (sulfide) groups is 1. The third-order valence-corrected chi connectivity index (χ3v) is 2.98. The summed E-state index contributed by atoms with van der Waals surface area (Å²) in [5, 5.41) is 6.61. The van der Waals surface area contributed by atoms with Gasteiger partial charge in [-0.05, 0) is 30.5 Å². The van der Waals surface area contributed by atoms with Crippen LogP contribution < -0.4 is 11.1 Å². The molecule has 1 aromatic heterocycles. The maximum Gasteiger partial charge on any atom is 0.246 e. The van der Waals surface area contributed by atoms with Crippen LogP contribution in [0.3, 0.4) is 0 Å². The molecule has 1 aromatic carbocycles. The number of carbonyl (C=O) groups excluding carboxylic acids is 1. The molecule has 0 saturated carbocycles. The average molecular weight is 263 g/mol. The number of nitrogen functional groups attached to an aromatic ring is 1. The summed E-state index contributed by atoms with van der Waals surface area (Å²) in [6.45, 7) is 0.0917. The summed E-state index contributed by atoms with van der Waals surface area (Å²) in [6.07, 6.45) is 3.43. The zero-order valence-corrected chi connectivity index (χ0v) is 10.6. The third-order valence-electron chi connectivity index (χ3n) is 2.23. The maximum absolute atomic E-state index is 11.7. The average Bonchev–Trinajstić information content (AvgIpc) is 2.75. The SMILES string of the molecule is CSc1ccc(NC(=O)Cn2cnc(N)n2)cc1. The molecule has 0 radical (unpaired) electrons. The maximum atomic E-state index is 11.7. The first kappa shape index (κ1) is 12.4. The lowest BCUT2D eigenvalue weighted by Crippen LogP contribution is -2.19. The molecule has 2 aromatic rings. The van der Waals surface area contributed by atoms with E-state index in [0.29, 0.717) is 0 Å². The highest BCUT2D eigenvalue weighted by atomic mass is 32.2. The van der Waals surface area contributed by atoms with Crippen molar-refractivity contribution in [1.29, 1.82) is 0 Å². The van der Waals surface area contributed by atoms with Gasteiger partial charge in [-0.1, -0.05) is 0 Å². The van der Waals surface area contributed by atoms with Gasteiger partial charge >= 0.3 is 0 Å². The van der Waals surface area contributed by atoms with Crippen molar-refractivity contribution in [2.45, 2.75) is 11.4 Å². The molecule has 0 saturated heterocycles. The van der Waals surface area contributed by atoms with E-state index in [9.17, 15) is 4.79 Å². The smallest absolute Gasteiger partial charge is 0.246 e. The molecule has 0 bridgehead atoms. The highest BCUT2D eigenvalue weighted by Gasteiger charge is 2.05. The Hall–Kier alpha value is -2.02. The predicted octanol–water partition coefficient (Wildman–Crippen LogP) is 1.22. The van der Waals surface area contributed by atoms with E-state index < -0.39 is 0 Å². The standard InChI is InChI=1S/C11H13N5OS/c1-18-9-4-2-8(3-5-9)14-10(17)6-16-7-13-11(12)15-16/h2-5,7H,6H2,1H3,(H2,12,15)(H,14,17). The lowest BCUT2D eigenvalue weighted by atomic mass is 10.3. The minimum Gasteiger partial charge on any atom is -0.367 e. The van der Waals surface area contributed by atoms with Crippen LogP contribution in [-0.4, -0.2) is 26.9 Å². The highest BCUT2D eigenvalue weighted by Crippen LogP contribution is 2.17. The van der Waals surface area contributed by atoms with Crippen LogP contribution in [0.5, 0.6) is 0 Å². The molecule has 1 amide bonds. The molecule has 0 spiro atoms. The van der Waals surface area contributed by atoms with E-state index in [1.165, 1.54) is 11.0 Å². The fourth-order valence-corrected chi connectivity index (χ4v) is 1.82. The van der Waals surface area contributed by atoms with E-state index in [1.807, 2.05) is 30.5 Å². The largest absolute Gasteiger partial charge is 0.367 e. The molecule has 0 unspecified atom stereocenters. The van der Waals surface area contributed by atoms with Crippen molar-refractivity contribution in [1.82, 2.24) is 14.8 Å². The van der Waals surface area contributed by atoms with Gasteiger partial charge in [0.25, 0.3) is 0 Å². The lowest BCUT2D eigenvalue weighted by molar-refractivity contribution is -0.116. The molecule has 1 heterocycles. The number of anilines is 2. The second-order valence-corrected chi connectivity index (χ2v) is 4.46. The van der Waals surface area contributed by atoms with Gasteiger partial charge in [0, 0.05) is 10.6 Å². The van der Waals surface area contributed by atoms with Crippen LogP contribution in [0.25, 0.3) is 0 Å². The van der Waals surface area contributed by atoms with Gasteiger partial charge < -0.3 is 11.1 Å². The van der Waals surface area contributed by atoms with E-state index in [0.717, 1.165) is 10.6 Å². The molecule has 18 heavy (non-hydrogen) atoms. The molecule has 0 atom stereocenters. The molecule has 2 rings (SSSR count). The van der Waals surface area contributed by atoms with Crippen molar-refractivity contribution in [2.75, 3.05) is 17.3 Å². The zero-order chi connectivity index (χ0) is 13.0. The second-order valence-electron chi connectivity index (χ2n) is 3.58. The van der Waals surface area contributed by atoms with Crippen molar-refractivity contribution in [3.63, 3.8) is 0 Å². The fourth-order valence-electron chi connectivity index (χ4n) is 1.41. The highest BCUT2D eigenvalue weighted by molar-refractivity contribution is 7.98. The summed E-state index contributed by atoms with van der Waals surface area (Å²) in [5.74, 6) is -0.0103. The molecule has 3 N–H and O–H groups in total.